The van der Waals surface area contributed by atoms with Crippen LogP contribution in [-0.2, 0) is 0 Å². The molecule has 0 radical (unpaired) electrons. The third-order valence-corrected chi connectivity index (χ3v) is 3.71. The summed E-state index contributed by atoms with van der Waals surface area (Å²) >= 11 is 0. The summed E-state index contributed by atoms with van der Waals surface area (Å²) < 4.78 is 26.5. The monoisotopic (exact) mass is 254 g/mol. The average molecular weight is 254 g/mol. The number of hydrogen-bond donors (Lipinski definition) is 2. The number of benzene rings is 1. The highest BCUT2D eigenvalue weighted by Gasteiger charge is 2.36. The van der Waals surface area contributed by atoms with E-state index >= 15 is 0 Å². The molecule has 1 amide bonds. The molecule has 1 aliphatic rings. The maximum Gasteiger partial charge on any atom is 0.251 e. The van der Waals surface area contributed by atoms with Gasteiger partial charge in [0.15, 0.2) is 0 Å². The molecule has 0 saturated heterocycles. The van der Waals surface area contributed by atoms with Gasteiger partial charge in [-0.25, -0.2) is 8.78 Å². The summed E-state index contributed by atoms with van der Waals surface area (Å²) in [5, 5.41) is 2.86. The molecule has 0 spiro atoms. The standard InChI is InChI=1S/C13H16F2N2O/c1-2-13(4-3-5-13)17-12(18)8-6-9(14)11(16)10(15)7-8/h6-7H,2-5,16H2,1H3,(H,17,18). The van der Waals surface area contributed by atoms with Gasteiger partial charge in [-0.05, 0) is 37.8 Å². The molecule has 98 valence electrons. The van der Waals surface area contributed by atoms with Crippen LogP contribution in [0, 0.1) is 11.6 Å². The average Bonchev–Trinajstić information content (AvgIpc) is 2.29. The number of rotatable bonds is 3. The molecular weight excluding hydrogens is 238 g/mol. The Hall–Kier alpha value is -1.65. The molecule has 5 heteroatoms. The van der Waals surface area contributed by atoms with Gasteiger partial charge in [0, 0.05) is 11.1 Å². The fraction of sp³-hybridized carbons (Fsp3) is 0.462. The third-order valence-electron chi connectivity index (χ3n) is 3.71. The highest BCUT2D eigenvalue weighted by Crippen LogP contribution is 2.35. The molecule has 0 heterocycles. The molecule has 3 N–H and O–H groups in total. The van der Waals surface area contributed by atoms with Gasteiger partial charge in [0.25, 0.3) is 5.91 Å². The summed E-state index contributed by atoms with van der Waals surface area (Å²) in [6, 6.07) is 1.94. The summed E-state index contributed by atoms with van der Waals surface area (Å²) in [5.74, 6) is -2.26. The molecule has 0 aliphatic heterocycles. The maximum atomic E-state index is 13.3. The Balaban J connectivity index is 2.19. The SMILES string of the molecule is CCC1(NC(=O)c2cc(F)c(N)c(F)c2)CCC1. The van der Waals surface area contributed by atoms with Gasteiger partial charge in [0.2, 0.25) is 0 Å². The second-order valence-electron chi connectivity index (χ2n) is 4.80. The first kappa shape index (κ1) is 12.8. The highest BCUT2D eigenvalue weighted by atomic mass is 19.1. The number of nitrogens with one attached hydrogen (secondary N) is 1. The van der Waals surface area contributed by atoms with Crippen molar-refractivity contribution in [3.05, 3.63) is 29.3 Å². The second-order valence-corrected chi connectivity index (χ2v) is 4.80. The fourth-order valence-electron chi connectivity index (χ4n) is 2.20. The number of hydrogen-bond acceptors (Lipinski definition) is 2. The van der Waals surface area contributed by atoms with E-state index < -0.39 is 23.2 Å². The van der Waals surface area contributed by atoms with Crippen LogP contribution in [0.2, 0.25) is 0 Å². The normalized spacial score (nSPS) is 17.1. The van der Waals surface area contributed by atoms with Crippen molar-refractivity contribution in [1.29, 1.82) is 0 Å². The van der Waals surface area contributed by atoms with E-state index in [0.717, 1.165) is 37.8 Å². The van der Waals surface area contributed by atoms with E-state index in [1.165, 1.54) is 0 Å². The summed E-state index contributed by atoms with van der Waals surface area (Å²) in [5.41, 5.74) is 4.37. The van der Waals surface area contributed by atoms with E-state index in [4.69, 9.17) is 5.73 Å². The largest absolute Gasteiger partial charge is 0.394 e. The van der Waals surface area contributed by atoms with Crippen molar-refractivity contribution >= 4 is 11.6 Å². The topological polar surface area (TPSA) is 55.1 Å². The third kappa shape index (κ3) is 2.17. The van der Waals surface area contributed by atoms with Crippen molar-refractivity contribution in [2.45, 2.75) is 38.1 Å². The van der Waals surface area contributed by atoms with Crippen LogP contribution in [0.1, 0.15) is 43.0 Å². The Morgan fingerprint density at radius 1 is 1.39 bits per heavy atom. The first-order chi connectivity index (χ1) is 8.47. The van der Waals surface area contributed by atoms with E-state index in [1.807, 2.05) is 6.92 Å². The summed E-state index contributed by atoms with van der Waals surface area (Å²) in [6.07, 6.45) is 3.71. The van der Waals surface area contributed by atoms with Crippen LogP contribution in [0.4, 0.5) is 14.5 Å². The minimum absolute atomic E-state index is 0.0288. The van der Waals surface area contributed by atoms with Crippen LogP contribution in [0.15, 0.2) is 12.1 Å². The molecular formula is C13H16F2N2O. The number of nitrogens with two attached hydrogens (primary N) is 1. The van der Waals surface area contributed by atoms with Gasteiger partial charge in [0.05, 0.1) is 0 Å². The number of halogens is 2. The first-order valence-corrected chi connectivity index (χ1v) is 6.04. The van der Waals surface area contributed by atoms with Crippen LogP contribution in [0.5, 0.6) is 0 Å². The number of carbonyl (C=O) groups excluding carboxylic acids is 1. The van der Waals surface area contributed by atoms with Crippen LogP contribution < -0.4 is 11.1 Å². The van der Waals surface area contributed by atoms with Gasteiger partial charge in [0.1, 0.15) is 17.3 Å². The van der Waals surface area contributed by atoms with Crippen molar-refractivity contribution in [3.63, 3.8) is 0 Å². The Morgan fingerprint density at radius 2 is 1.94 bits per heavy atom. The predicted octanol–water partition coefficient (Wildman–Crippen LogP) is 2.61. The van der Waals surface area contributed by atoms with Crippen LogP contribution >= 0.6 is 0 Å². The summed E-state index contributed by atoms with van der Waals surface area (Å²) in [7, 11) is 0. The first-order valence-electron chi connectivity index (χ1n) is 6.04. The molecule has 1 aromatic carbocycles. The van der Waals surface area contributed by atoms with E-state index in [2.05, 4.69) is 5.32 Å². The molecule has 3 nitrogen and oxygen atoms in total. The molecule has 0 unspecified atom stereocenters. The maximum absolute atomic E-state index is 13.3. The molecule has 1 saturated carbocycles. The molecule has 1 aromatic rings. The Bertz CT molecular complexity index is 455. The predicted molar refractivity (Wildman–Crippen MR) is 65.1 cm³/mol. The molecule has 2 rings (SSSR count). The van der Waals surface area contributed by atoms with E-state index in [9.17, 15) is 13.6 Å². The van der Waals surface area contributed by atoms with Gasteiger partial charge in [-0.3, -0.25) is 4.79 Å². The number of carbonyl (C=O) groups is 1. The summed E-state index contributed by atoms with van der Waals surface area (Å²) in [6.45, 7) is 1.99. The highest BCUT2D eigenvalue weighted by molar-refractivity contribution is 5.95. The van der Waals surface area contributed by atoms with Gasteiger partial charge < -0.3 is 11.1 Å². The molecule has 0 bridgehead atoms. The lowest BCUT2D eigenvalue weighted by molar-refractivity contribution is 0.0819. The summed E-state index contributed by atoms with van der Waals surface area (Å²) in [4.78, 5) is 11.9. The van der Waals surface area contributed by atoms with Crippen LogP contribution in [-0.4, -0.2) is 11.4 Å². The van der Waals surface area contributed by atoms with Crippen molar-refractivity contribution in [2.75, 3.05) is 5.73 Å². The number of amides is 1. The molecule has 18 heavy (non-hydrogen) atoms. The smallest absolute Gasteiger partial charge is 0.251 e. The quantitative estimate of drug-likeness (QED) is 0.815. The van der Waals surface area contributed by atoms with Crippen molar-refractivity contribution in [3.8, 4) is 0 Å². The fourth-order valence-corrected chi connectivity index (χ4v) is 2.20. The van der Waals surface area contributed by atoms with Gasteiger partial charge in [-0.15, -0.1) is 0 Å². The van der Waals surface area contributed by atoms with Gasteiger partial charge in [-0.1, -0.05) is 6.92 Å². The van der Waals surface area contributed by atoms with Crippen molar-refractivity contribution in [1.82, 2.24) is 5.32 Å². The minimum atomic E-state index is -0.903. The van der Waals surface area contributed by atoms with E-state index in [-0.39, 0.29) is 11.1 Å². The molecule has 0 aromatic heterocycles. The Morgan fingerprint density at radius 3 is 2.33 bits per heavy atom. The number of anilines is 1. The zero-order chi connectivity index (χ0) is 13.3. The number of nitrogen functional groups attached to an aromatic ring is 1. The lowest BCUT2D eigenvalue weighted by Crippen LogP contribution is -2.53. The zero-order valence-corrected chi connectivity index (χ0v) is 10.2. The Labute approximate surface area is 104 Å². The van der Waals surface area contributed by atoms with E-state index in [1.54, 1.807) is 0 Å². The van der Waals surface area contributed by atoms with Crippen molar-refractivity contribution in [2.24, 2.45) is 0 Å². The lowest BCUT2D eigenvalue weighted by atomic mass is 9.74. The second kappa shape index (κ2) is 4.55. The van der Waals surface area contributed by atoms with Gasteiger partial charge in [-0.2, -0.15) is 0 Å². The van der Waals surface area contributed by atoms with Crippen LogP contribution in [0.25, 0.3) is 0 Å². The molecule has 1 fully saturated rings. The Kier molecular flexibility index (Phi) is 3.24. The van der Waals surface area contributed by atoms with Crippen molar-refractivity contribution < 1.29 is 13.6 Å². The molecule has 0 atom stereocenters. The zero-order valence-electron chi connectivity index (χ0n) is 10.2. The van der Waals surface area contributed by atoms with E-state index in [0.29, 0.717) is 0 Å². The van der Waals surface area contributed by atoms with Gasteiger partial charge >= 0.3 is 0 Å². The lowest BCUT2D eigenvalue weighted by Gasteiger charge is -2.42. The molecule has 1 aliphatic carbocycles. The minimum Gasteiger partial charge on any atom is -0.394 e. The van der Waals surface area contributed by atoms with Crippen LogP contribution in [0.3, 0.4) is 0 Å².